The number of halogens is 1. The van der Waals surface area contributed by atoms with E-state index < -0.39 is 0 Å². The topological polar surface area (TPSA) is 50.8 Å². The molecule has 1 aliphatic heterocycles. The molecule has 0 saturated heterocycles. The van der Waals surface area contributed by atoms with Crippen molar-refractivity contribution in [2.24, 2.45) is 0 Å². The van der Waals surface area contributed by atoms with Gasteiger partial charge >= 0.3 is 0 Å². The molecule has 5 nitrogen and oxygen atoms in total. The molecule has 0 unspecified atom stereocenters. The molecule has 1 aromatic carbocycles. The maximum Gasteiger partial charge on any atom is 0.251 e. The van der Waals surface area contributed by atoms with Crippen LogP contribution in [0.1, 0.15) is 24.2 Å². The first kappa shape index (κ1) is 17.6. The van der Waals surface area contributed by atoms with Gasteiger partial charge in [-0.05, 0) is 31.3 Å². The number of rotatable bonds is 6. The third-order valence-corrected chi connectivity index (χ3v) is 3.41. The van der Waals surface area contributed by atoms with Gasteiger partial charge in [0.2, 0.25) is 0 Å². The molecule has 0 bridgehead atoms. The summed E-state index contributed by atoms with van der Waals surface area (Å²) in [5.74, 6) is 1.28. The Balaban J connectivity index is 0.00000220. The van der Waals surface area contributed by atoms with Crippen LogP contribution >= 0.6 is 12.4 Å². The maximum absolute atomic E-state index is 12.1. The lowest BCUT2D eigenvalue weighted by Gasteiger charge is -2.19. The minimum absolute atomic E-state index is 0. The largest absolute Gasteiger partial charge is 0.486 e. The molecule has 0 aromatic heterocycles. The Kier molecular flexibility index (Phi) is 7.32. The number of hydrogen-bond donors (Lipinski definition) is 1. The van der Waals surface area contributed by atoms with E-state index in [0.29, 0.717) is 36.8 Å². The van der Waals surface area contributed by atoms with E-state index in [2.05, 4.69) is 24.1 Å². The van der Waals surface area contributed by atoms with Crippen molar-refractivity contribution in [1.82, 2.24) is 10.2 Å². The SMILES string of the molecule is CCN(CC)CCNC(=O)c1ccc2c(c1)OCCO2.Cl. The molecular formula is C15H23ClN2O3. The summed E-state index contributed by atoms with van der Waals surface area (Å²) in [7, 11) is 0. The zero-order valence-electron chi connectivity index (χ0n) is 12.6. The average Bonchev–Trinajstić information content (AvgIpc) is 2.51. The summed E-state index contributed by atoms with van der Waals surface area (Å²) >= 11 is 0. The highest BCUT2D eigenvalue weighted by molar-refractivity contribution is 5.94. The molecule has 1 heterocycles. The molecule has 0 saturated carbocycles. The molecule has 6 heteroatoms. The second kappa shape index (κ2) is 8.74. The van der Waals surface area contributed by atoms with E-state index in [1.165, 1.54) is 0 Å². The lowest BCUT2D eigenvalue weighted by Crippen LogP contribution is -2.34. The second-order valence-corrected chi connectivity index (χ2v) is 4.64. The molecule has 2 rings (SSSR count). The standard InChI is InChI=1S/C15H22N2O3.ClH/c1-3-17(4-2)8-7-16-15(18)12-5-6-13-14(11-12)20-10-9-19-13;/h5-6,11H,3-4,7-10H2,1-2H3,(H,16,18);1H. The summed E-state index contributed by atoms with van der Waals surface area (Å²) < 4.78 is 10.9. The summed E-state index contributed by atoms with van der Waals surface area (Å²) in [6, 6.07) is 5.29. The van der Waals surface area contributed by atoms with E-state index in [1.54, 1.807) is 18.2 Å². The van der Waals surface area contributed by atoms with Crippen LogP contribution in [0.2, 0.25) is 0 Å². The number of hydrogen-bond acceptors (Lipinski definition) is 4. The van der Waals surface area contributed by atoms with E-state index in [-0.39, 0.29) is 18.3 Å². The van der Waals surface area contributed by atoms with Crippen LogP contribution in [-0.4, -0.2) is 50.2 Å². The quantitative estimate of drug-likeness (QED) is 0.872. The Morgan fingerprint density at radius 2 is 1.86 bits per heavy atom. The summed E-state index contributed by atoms with van der Waals surface area (Å²) in [4.78, 5) is 14.3. The van der Waals surface area contributed by atoms with E-state index in [9.17, 15) is 4.79 Å². The molecule has 1 aromatic rings. The third-order valence-electron chi connectivity index (χ3n) is 3.41. The molecule has 0 spiro atoms. The number of ether oxygens (including phenoxy) is 2. The van der Waals surface area contributed by atoms with Crippen molar-refractivity contribution >= 4 is 18.3 Å². The highest BCUT2D eigenvalue weighted by Crippen LogP contribution is 2.30. The van der Waals surface area contributed by atoms with Crippen LogP contribution in [0.5, 0.6) is 11.5 Å². The number of likely N-dealkylation sites (N-methyl/N-ethyl adjacent to an activating group) is 1. The van der Waals surface area contributed by atoms with Gasteiger partial charge in [-0.2, -0.15) is 0 Å². The molecule has 0 aliphatic carbocycles. The predicted octanol–water partition coefficient (Wildman–Crippen LogP) is 1.95. The number of carbonyl (C=O) groups excluding carboxylic acids is 1. The maximum atomic E-state index is 12.1. The van der Waals surface area contributed by atoms with Crippen molar-refractivity contribution in [1.29, 1.82) is 0 Å². The number of benzene rings is 1. The first-order valence-electron chi connectivity index (χ1n) is 7.14. The summed E-state index contributed by atoms with van der Waals surface area (Å²) in [5, 5.41) is 2.93. The molecular weight excluding hydrogens is 292 g/mol. The molecule has 1 amide bonds. The van der Waals surface area contributed by atoms with Crippen molar-refractivity contribution in [3.8, 4) is 11.5 Å². The van der Waals surface area contributed by atoms with Crippen LogP contribution in [0.25, 0.3) is 0 Å². The van der Waals surface area contributed by atoms with Crippen LogP contribution < -0.4 is 14.8 Å². The van der Waals surface area contributed by atoms with Gasteiger partial charge in [-0.25, -0.2) is 0 Å². The zero-order chi connectivity index (χ0) is 14.4. The van der Waals surface area contributed by atoms with Crippen LogP contribution in [0.4, 0.5) is 0 Å². The summed E-state index contributed by atoms with van der Waals surface area (Å²) in [5.41, 5.74) is 0.605. The average molecular weight is 315 g/mol. The van der Waals surface area contributed by atoms with E-state index in [1.807, 2.05) is 0 Å². The van der Waals surface area contributed by atoms with Gasteiger partial charge in [0.1, 0.15) is 13.2 Å². The minimum atomic E-state index is -0.0749. The highest BCUT2D eigenvalue weighted by Gasteiger charge is 2.14. The van der Waals surface area contributed by atoms with Gasteiger partial charge in [-0.15, -0.1) is 12.4 Å². The van der Waals surface area contributed by atoms with Crippen molar-refractivity contribution in [2.75, 3.05) is 39.4 Å². The highest BCUT2D eigenvalue weighted by atomic mass is 35.5. The Morgan fingerprint density at radius 3 is 2.52 bits per heavy atom. The van der Waals surface area contributed by atoms with Gasteiger partial charge in [-0.3, -0.25) is 4.79 Å². The summed E-state index contributed by atoms with van der Waals surface area (Å²) in [6.07, 6.45) is 0. The van der Waals surface area contributed by atoms with Crippen molar-refractivity contribution < 1.29 is 14.3 Å². The smallest absolute Gasteiger partial charge is 0.251 e. The van der Waals surface area contributed by atoms with Crippen molar-refractivity contribution in [3.63, 3.8) is 0 Å². The first-order valence-corrected chi connectivity index (χ1v) is 7.14. The zero-order valence-corrected chi connectivity index (χ0v) is 13.4. The predicted molar refractivity (Wildman–Crippen MR) is 84.8 cm³/mol. The fraction of sp³-hybridized carbons (Fsp3) is 0.533. The van der Waals surface area contributed by atoms with Crippen LogP contribution in [0.15, 0.2) is 18.2 Å². The molecule has 1 N–H and O–H groups in total. The fourth-order valence-corrected chi connectivity index (χ4v) is 2.15. The van der Waals surface area contributed by atoms with Gasteiger partial charge in [0.25, 0.3) is 5.91 Å². The third kappa shape index (κ3) is 4.79. The number of carbonyl (C=O) groups is 1. The molecule has 118 valence electrons. The van der Waals surface area contributed by atoms with E-state index in [0.717, 1.165) is 19.6 Å². The second-order valence-electron chi connectivity index (χ2n) is 4.64. The summed E-state index contributed by atoms with van der Waals surface area (Å²) in [6.45, 7) is 8.83. The monoisotopic (exact) mass is 314 g/mol. The van der Waals surface area contributed by atoms with Crippen LogP contribution in [0, 0.1) is 0 Å². The van der Waals surface area contributed by atoms with Crippen molar-refractivity contribution in [2.45, 2.75) is 13.8 Å². The Bertz CT molecular complexity index is 464. The number of amides is 1. The first-order chi connectivity index (χ1) is 9.74. The molecule has 1 aliphatic rings. The Morgan fingerprint density at radius 1 is 1.19 bits per heavy atom. The number of fused-ring (bicyclic) bond motifs is 1. The van der Waals surface area contributed by atoms with E-state index in [4.69, 9.17) is 9.47 Å². The lowest BCUT2D eigenvalue weighted by atomic mass is 10.2. The molecule has 0 fully saturated rings. The van der Waals surface area contributed by atoms with Gasteiger partial charge in [0, 0.05) is 18.7 Å². The van der Waals surface area contributed by atoms with Gasteiger partial charge in [-0.1, -0.05) is 13.8 Å². The van der Waals surface area contributed by atoms with Gasteiger partial charge < -0.3 is 19.7 Å². The fourth-order valence-electron chi connectivity index (χ4n) is 2.15. The number of nitrogens with zero attached hydrogens (tertiary/aromatic N) is 1. The number of nitrogens with one attached hydrogen (secondary N) is 1. The Hall–Kier alpha value is -1.46. The Labute approximate surface area is 132 Å². The van der Waals surface area contributed by atoms with Gasteiger partial charge in [0.05, 0.1) is 0 Å². The van der Waals surface area contributed by atoms with Crippen molar-refractivity contribution in [3.05, 3.63) is 23.8 Å². The van der Waals surface area contributed by atoms with E-state index >= 15 is 0 Å². The van der Waals surface area contributed by atoms with Crippen LogP contribution in [0.3, 0.4) is 0 Å². The molecule has 0 radical (unpaired) electrons. The molecule has 21 heavy (non-hydrogen) atoms. The van der Waals surface area contributed by atoms with Crippen LogP contribution in [-0.2, 0) is 0 Å². The van der Waals surface area contributed by atoms with Gasteiger partial charge in [0.15, 0.2) is 11.5 Å². The minimum Gasteiger partial charge on any atom is -0.486 e. The lowest BCUT2D eigenvalue weighted by molar-refractivity contribution is 0.0947. The normalized spacial score (nSPS) is 12.7. The molecule has 0 atom stereocenters.